The molecule has 3 saturated carbocycles. The summed E-state index contributed by atoms with van der Waals surface area (Å²) in [6, 6.07) is 9.08. The van der Waals surface area contributed by atoms with Gasteiger partial charge in [0.1, 0.15) is 6.10 Å². The molecule has 1 aromatic rings. The summed E-state index contributed by atoms with van der Waals surface area (Å²) in [6.45, 7) is 12.0. The summed E-state index contributed by atoms with van der Waals surface area (Å²) in [6.07, 6.45) is 11.3. The molecule has 214 valence electrons. The number of benzene rings is 1. The van der Waals surface area contributed by atoms with Crippen LogP contribution >= 0.6 is 0 Å². The lowest BCUT2D eigenvalue weighted by Crippen LogP contribution is -2.52. The van der Waals surface area contributed by atoms with Crippen molar-refractivity contribution in [3.63, 3.8) is 0 Å². The van der Waals surface area contributed by atoms with Crippen LogP contribution in [0.4, 0.5) is 0 Å². The molecule has 5 rings (SSSR count). The molecule has 0 aliphatic heterocycles. The number of rotatable bonds is 8. The van der Waals surface area contributed by atoms with E-state index in [0.29, 0.717) is 47.3 Å². The second-order valence-corrected chi connectivity index (χ2v) is 14.3. The van der Waals surface area contributed by atoms with Gasteiger partial charge in [-0.05, 0) is 97.0 Å². The van der Waals surface area contributed by atoms with Crippen LogP contribution in [-0.4, -0.2) is 17.0 Å². The fourth-order valence-corrected chi connectivity index (χ4v) is 9.84. The number of carbonyl (C=O) groups is 1. The topological polar surface area (TPSA) is 69.4 Å². The van der Waals surface area contributed by atoms with E-state index < -0.39 is 0 Å². The highest BCUT2D eigenvalue weighted by molar-refractivity contribution is 5.89. The first kappa shape index (κ1) is 28.4. The Morgan fingerprint density at radius 2 is 1.74 bits per heavy atom. The van der Waals surface area contributed by atoms with E-state index >= 15 is 0 Å². The minimum atomic E-state index is -0.325. The van der Waals surface area contributed by atoms with Crippen LogP contribution in [0.1, 0.15) is 116 Å². The molecular weight excluding hydrogens is 486 g/mol. The molecular formula is C34H49NO4. The van der Waals surface area contributed by atoms with Gasteiger partial charge in [0.05, 0.1) is 10.5 Å². The van der Waals surface area contributed by atoms with E-state index in [2.05, 4.69) is 34.6 Å². The van der Waals surface area contributed by atoms with Crippen molar-refractivity contribution in [2.75, 3.05) is 0 Å². The fraction of sp³-hybridized carbons (Fsp3) is 0.735. The standard InChI is InChI=1S/C34H49NO4/c1-22(2)10-9-11-23(3)27-14-15-28-26-21-31(35(37)38)30-20-25(39-32(36)24-12-7-6-8-13-24)16-18-34(30,5)29(26)17-19-33(27,28)4/h6-8,12-13,22-23,25-29H,9-11,14-21H2,1-5H3/t23-,25+,26-,27+,28-,29-,33-,34-/m1/s1. The van der Waals surface area contributed by atoms with Crippen LogP contribution in [0.15, 0.2) is 41.6 Å². The van der Waals surface area contributed by atoms with Crippen molar-refractivity contribution in [2.45, 2.75) is 111 Å². The van der Waals surface area contributed by atoms with Crippen LogP contribution in [0.5, 0.6) is 0 Å². The van der Waals surface area contributed by atoms with Crippen LogP contribution in [0.3, 0.4) is 0 Å². The van der Waals surface area contributed by atoms with E-state index in [9.17, 15) is 14.9 Å². The maximum atomic E-state index is 12.8. The monoisotopic (exact) mass is 535 g/mol. The lowest BCUT2D eigenvalue weighted by Gasteiger charge is -2.58. The predicted molar refractivity (Wildman–Crippen MR) is 155 cm³/mol. The fourth-order valence-electron chi connectivity index (χ4n) is 9.84. The van der Waals surface area contributed by atoms with Crippen molar-refractivity contribution in [2.24, 2.45) is 46.3 Å². The summed E-state index contributed by atoms with van der Waals surface area (Å²) >= 11 is 0. The van der Waals surface area contributed by atoms with Gasteiger partial charge in [0.2, 0.25) is 5.70 Å². The molecule has 4 aliphatic rings. The zero-order valence-corrected chi connectivity index (χ0v) is 24.8. The van der Waals surface area contributed by atoms with Gasteiger partial charge in [-0.1, -0.05) is 72.1 Å². The van der Waals surface area contributed by atoms with Crippen molar-refractivity contribution < 1.29 is 14.5 Å². The van der Waals surface area contributed by atoms with Gasteiger partial charge in [-0.15, -0.1) is 0 Å². The van der Waals surface area contributed by atoms with Gasteiger partial charge in [-0.3, -0.25) is 10.1 Å². The normalized spacial score (nSPS) is 36.6. The SMILES string of the molecule is CC(C)CCC[C@@H](C)[C@@H]1CC[C@@H]2[C@H]3CC([N+](=O)[O-])=C4C[C@@H](OC(=O)c5ccccc5)CC[C@]4(C)[C@@H]3CC[C@@]21C. The van der Waals surface area contributed by atoms with Gasteiger partial charge in [-0.25, -0.2) is 4.79 Å². The lowest BCUT2D eigenvalue weighted by atomic mass is 9.46. The van der Waals surface area contributed by atoms with Gasteiger partial charge in [0, 0.05) is 18.4 Å². The molecule has 0 bridgehead atoms. The number of fused-ring (bicyclic) bond motifs is 5. The summed E-state index contributed by atoms with van der Waals surface area (Å²) < 4.78 is 5.91. The van der Waals surface area contributed by atoms with Crippen molar-refractivity contribution in [3.05, 3.63) is 57.3 Å². The molecule has 0 unspecified atom stereocenters. The largest absolute Gasteiger partial charge is 0.458 e. The number of hydrogen-bond acceptors (Lipinski definition) is 4. The van der Waals surface area contributed by atoms with E-state index in [1.165, 1.54) is 44.9 Å². The van der Waals surface area contributed by atoms with Crippen LogP contribution in [0.25, 0.3) is 0 Å². The molecule has 8 atom stereocenters. The van der Waals surface area contributed by atoms with Gasteiger partial charge < -0.3 is 4.74 Å². The number of ether oxygens (including phenoxy) is 1. The summed E-state index contributed by atoms with van der Waals surface area (Å²) in [7, 11) is 0. The van der Waals surface area contributed by atoms with Gasteiger partial charge in [0.25, 0.3) is 0 Å². The van der Waals surface area contributed by atoms with Crippen LogP contribution in [0.2, 0.25) is 0 Å². The number of esters is 1. The zero-order valence-electron chi connectivity index (χ0n) is 24.8. The Balaban J connectivity index is 1.35. The minimum Gasteiger partial charge on any atom is -0.458 e. The molecule has 5 heteroatoms. The number of nitro groups is 1. The van der Waals surface area contributed by atoms with Gasteiger partial charge in [-0.2, -0.15) is 0 Å². The molecule has 4 aliphatic carbocycles. The Morgan fingerprint density at radius 3 is 2.44 bits per heavy atom. The highest BCUT2D eigenvalue weighted by atomic mass is 16.6. The van der Waals surface area contributed by atoms with Crippen molar-refractivity contribution in [1.82, 2.24) is 0 Å². The lowest BCUT2D eigenvalue weighted by molar-refractivity contribution is -0.434. The Labute approximate surface area is 235 Å². The second-order valence-electron chi connectivity index (χ2n) is 14.3. The molecule has 0 heterocycles. The van der Waals surface area contributed by atoms with Crippen LogP contribution < -0.4 is 0 Å². The first-order valence-electron chi connectivity index (χ1n) is 15.7. The smallest absolute Gasteiger partial charge is 0.338 e. The number of carbonyl (C=O) groups excluding carboxylic acids is 1. The van der Waals surface area contributed by atoms with Crippen LogP contribution in [0, 0.1) is 56.5 Å². The third-order valence-corrected chi connectivity index (χ3v) is 11.8. The van der Waals surface area contributed by atoms with E-state index in [-0.39, 0.29) is 22.4 Å². The Bertz CT molecular complexity index is 1100. The molecule has 39 heavy (non-hydrogen) atoms. The average molecular weight is 536 g/mol. The van der Waals surface area contributed by atoms with E-state index in [0.717, 1.165) is 36.2 Å². The highest BCUT2D eigenvalue weighted by Crippen LogP contribution is 2.68. The Hall–Kier alpha value is -2.17. The van der Waals surface area contributed by atoms with Crippen molar-refractivity contribution in [3.8, 4) is 0 Å². The van der Waals surface area contributed by atoms with E-state index in [1.807, 2.05) is 18.2 Å². The van der Waals surface area contributed by atoms with Gasteiger partial charge >= 0.3 is 5.97 Å². The molecule has 0 radical (unpaired) electrons. The molecule has 3 fully saturated rings. The van der Waals surface area contributed by atoms with Crippen LogP contribution in [-0.2, 0) is 4.74 Å². The first-order valence-corrected chi connectivity index (χ1v) is 15.7. The molecule has 0 saturated heterocycles. The van der Waals surface area contributed by atoms with Crippen molar-refractivity contribution >= 4 is 5.97 Å². The van der Waals surface area contributed by atoms with E-state index in [4.69, 9.17) is 4.74 Å². The van der Waals surface area contributed by atoms with Crippen molar-refractivity contribution in [1.29, 1.82) is 0 Å². The first-order chi connectivity index (χ1) is 18.5. The molecule has 0 aromatic heterocycles. The highest BCUT2D eigenvalue weighted by Gasteiger charge is 2.62. The number of nitrogens with zero attached hydrogens (tertiary/aromatic N) is 1. The summed E-state index contributed by atoms with van der Waals surface area (Å²) in [5.74, 6) is 3.38. The summed E-state index contributed by atoms with van der Waals surface area (Å²) in [4.78, 5) is 25.2. The average Bonchev–Trinajstić information content (AvgIpc) is 3.26. The number of hydrogen-bond donors (Lipinski definition) is 0. The minimum absolute atomic E-state index is 0.0852. The Kier molecular flexibility index (Phi) is 8.01. The zero-order chi connectivity index (χ0) is 27.9. The molecule has 5 nitrogen and oxygen atoms in total. The summed E-state index contributed by atoms with van der Waals surface area (Å²) in [5, 5.41) is 12.5. The summed E-state index contributed by atoms with van der Waals surface area (Å²) in [5.41, 5.74) is 2.10. The third kappa shape index (κ3) is 5.20. The maximum Gasteiger partial charge on any atom is 0.338 e. The molecule has 0 amide bonds. The molecule has 1 aromatic carbocycles. The second kappa shape index (κ2) is 11.0. The number of allylic oxidation sites excluding steroid dienone is 1. The molecule has 0 spiro atoms. The van der Waals surface area contributed by atoms with E-state index in [1.54, 1.807) is 12.1 Å². The maximum absolute atomic E-state index is 12.8. The molecule has 0 N–H and O–H groups in total. The van der Waals surface area contributed by atoms with Gasteiger partial charge in [0.15, 0.2) is 0 Å². The quantitative estimate of drug-likeness (QED) is 0.189. The predicted octanol–water partition coefficient (Wildman–Crippen LogP) is 8.86. The third-order valence-electron chi connectivity index (χ3n) is 11.8. The Morgan fingerprint density at radius 1 is 1.00 bits per heavy atom.